The summed E-state index contributed by atoms with van der Waals surface area (Å²) in [6.45, 7) is 0. The van der Waals surface area contributed by atoms with Crippen LogP contribution in [-0.4, -0.2) is 30.6 Å². The van der Waals surface area contributed by atoms with Crippen molar-refractivity contribution in [1.29, 1.82) is 0 Å². The van der Waals surface area contributed by atoms with Crippen LogP contribution in [-0.2, 0) is 9.84 Å². The van der Waals surface area contributed by atoms with Gasteiger partial charge in [0.15, 0.2) is 16.1 Å². The van der Waals surface area contributed by atoms with Crippen LogP contribution < -0.4 is 0 Å². The zero-order valence-corrected chi connectivity index (χ0v) is 8.03. The van der Waals surface area contributed by atoms with Gasteiger partial charge < -0.3 is 4.52 Å². The van der Waals surface area contributed by atoms with Gasteiger partial charge in [0.2, 0.25) is 11.7 Å². The average molecular weight is 216 g/mol. The summed E-state index contributed by atoms with van der Waals surface area (Å²) < 4.78 is 27.6. The maximum absolute atomic E-state index is 11.4. The molecule has 1 fully saturated rings. The maximum Gasteiger partial charge on any atom is 0.245 e. The minimum absolute atomic E-state index is 0.0320. The van der Waals surface area contributed by atoms with E-state index < -0.39 is 15.1 Å². The summed E-state index contributed by atoms with van der Waals surface area (Å²) in [5, 5.41) is 2.61. The summed E-state index contributed by atoms with van der Waals surface area (Å²) in [7, 11) is -3.15. The van der Waals surface area contributed by atoms with Crippen LogP contribution in [0.5, 0.6) is 0 Å². The number of aldehydes is 1. The number of rotatable bonds is 2. The first-order valence-electron chi connectivity index (χ1n) is 4.14. The van der Waals surface area contributed by atoms with Crippen molar-refractivity contribution in [2.24, 2.45) is 0 Å². The molecular formula is C7H8N2O4S. The van der Waals surface area contributed by atoms with Gasteiger partial charge in [-0.1, -0.05) is 5.16 Å². The van der Waals surface area contributed by atoms with Crippen LogP contribution in [0.3, 0.4) is 0 Å². The van der Waals surface area contributed by atoms with Crippen LogP contribution in [0.2, 0.25) is 0 Å². The van der Waals surface area contributed by atoms with Gasteiger partial charge in [-0.25, -0.2) is 8.42 Å². The van der Waals surface area contributed by atoms with Crippen molar-refractivity contribution in [3.8, 4) is 0 Å². The van der Waals surface area contributed by atoms with Gasteiger partial charge in [-0.3, -0.25) is 4.79 Å². The largest absolute Gasteiger partial charge is 0.337 e. The molecule has 1 unspecified atom stereocenters. The molecule has 2 heterocycles. The first-order valence-corrected chi connectivity index (χ1v) is 5.85. The number of sulfone groups is 1. The Balaban J connectivity index is 2.35. The van der Waals surface area contributed by atoms with Crippen LogP contribution in [0, 0.1) is 0 Å². The van der Waals surface area contributed by atoms with Crippen molar-refractivity contribution in [1.82, 2.24) is 10.1 Å². The molecule has 1 aromatic heterocycles. The Labute approximate surface area is 80.2 Å². The van der Waals surface area contributed by atoms with E-state index in [-0.39, 0.29) is 17.5 Å². The maximum atomic E-state index is 11.4. The molecule has 2 rings (SSSR count). The summed E-state index contributed by atoms with van der Waals surface area (Å²) in [6.07, 6.45) is 1.52. The zero-order valence-electron chi connectivity index (χ0n) is 7.21. The lowest BCUT2D eigenvalue weighted by atomic mass is 10.2. The second-order valence-electron chi connectivity index (χ2n) is 3.11. The molecule has 1 atom stereocenters. The molecule has 1 aliphatic rings. The number of carbonyl (C=O) groups is 1. The second-order valence-corrected chi connectivity index (χ2v) is 5.41. The van der Waals surface area contributed by atoms with E-state index >= 15 is 0 Å². The molecule has 0 spiro atoms. The van der Waals surface area contributed by atoms with Crippen molar-refractivity contribution < 1.29 is 17.7 Å². The van der Waals surface area contributed by atoms with Crippen LogP contribution in [0.1, 0.15) is 34.6 Å². The van der Waals surface area contributed by atoms with Crippen LogP contribution in [0.25, 0.3) is 0 Å². The molecule has 76 valence electrons. The topological polar surface area (TPSA) is 90.1 Å². The monoisotopic (exact) mass is 216 g/mol. The van der Waals surface area contributed by atoms with Gasteiger partial charge in [0.05, 0.1) is 5.75 Å². The van der Waals surface area contributed by atoms with Gasteiger partial charge in [0.1, 0.15) is 5.25 Å². The fraction of sp³-hybridized carbons (Fsp3) is 0.571. The minimum Gasteiger partial charge on any atom is -0.337 e. The van der Waals surface area contributed by atoms with Crippen molar-refractivity contribution in [3.63, 3.8) is 0 Å². The first-order chi connectivity index (χ1) is 6.63. The molecule has 0 N–H and O–H groups in total. The number of carbonyl (C=O) groups excluding carboxylic acids is 1. The predicted molar refractivity (Wildman–Crippen MR) is 45.4 cm³/mol. The van der Waals surface area contributed by atoms with E-state index in [0.29, 0.717) is 19.1 Å². The van der Waals surface area contributed by atoms with Crippen molar-refractivity contribution >= 4 is 16.1 Å². The van der Waals surface area contributed by atoms with Crippen LogP contribution in [0.15, 0.2) is 4.52 Å². The Hall–Kier alpha value is -1.24. The number of hydrogen-bond donors (Lipinski definition) is 0. The van der Waals surface area contributed by atoms with E-state index in [2.05, 4.69) is 10.1 Å². The average Bonchev–Trinajstić information content (AvgIpc) is 2.70. The summed E-state index contributed by atoms with van der Waals surface area (Å²) in [6, 6.07) is 0. The number of hydrogen-bond acceptors (Lipinski definition) is 6. The highest BCUT2D eigenvalue weighted by Crippen LogP contribution is 2.33. The molecule has 1 aromatic rings. The third-order valence-corrected chi connectivity index (χ3v) is 4.33. The molecule has 1 saturated heterocycles. The van der Waals surface area contributed by atoms with E-state index in [9.17, 15) is 13.2 Å². The van der Waals surface area contributed by atoms with Gasteiger partial charge in [-0.15, -0.1) is 0 Å². The van der Waals surface area contributed by atoms with E-state index in [1.165, 1.54) is 0 Å². The standard InChI is InChI=1S/C7H8N2O4S/c10-4-6-8-7(13-9-6)5-2-1-3-14(5,11)12/h4-5H,1-3H2. The third kappa shape index (κ3) is 1.43. The first kappa shape index (κ1) is 9.32. The Morgan fingerprint density at radius 2 is 2.29 bits per heavy atom. The van der Waals surface area contributed by atoms with Gasteiger partial charge >= 0.3 is 0 Å². The van der Waals surface area contributed by atoms with Crippen molar-refractivity contribution in [3.05, 3.63) is 11.7 Å². The molecule has 0 bridgehead atoms. The smallest absolute Gasteiger partial charge is 0.245 e. The normalized spacial score (nSPS) is 25.0. The number of nitrogens with zero attached hydrogens (tertiary/aromatic N) is 2. The minimum atomic E-state index is -3.15. The highest BCUT2D eigenvalue weighted by molar-refractivity contribution is 7.91. The quantitative estimate of drug-likeness (QED) is 0.653. The van der Waals surface area contributed by atoms with Gasteiger partial charge in [-0.2, -0.15) is 4.98 Å². The molecule has 0 aromatic carbocycles. The summed E-state index contributed by atoms with van der Waals surface area (Å²) >= 11 is 0. The van der Waals surface area contributed by atoms with E-state index in [4.69, 9.17) is 4.52 Å². The Bertz CT molecular complexity index is 450. The zero-order chi connectivity index (χ0) is 10.2. The molecule has 0 radical (unpaired) electrons. The lowest BCUT2D eigenvalue weighted by molar-refractivity contribution is 0.111. The Morgan fingerprint density at radius 3 is 2.79 bits per heavy atom. The summed E-state index contributed by atoms with van der Waals surface area (Å²) in [5.74, 6) is 0.0721. The SMILES string of the molecule is O=Cc1noc(C2CCCS2(=O)=O)n1. The van der Waals surface area contributed by atoms with E-state index in [1.807, 2.05) is 0 Å². The Morgan fingerprint density at radius 1 is 1.50 bits per heavy atom. The van der Waals surface area contributed by atoms with Crippen LogP contribution >= 0.6 is 0 Å². The number of aromatic nitrogens is 2. The highest BCUT2D eigenvalue weighted by Gasteiger charge is 2.36. The molecule has 0 aliphatic carbocycles. The molecule has 14 heavy (non-hydrogen) atoms. The molecular weight excluding hydrogens is 208 g/mol. The molecule has 0 amide bonds. The molecule has 1 aliphatic heterocycles. The third-order valence-electron chi connectivity index (χ3n) is 2.17. The molecule has 6 nitrogen and oxygen atoms in total. The molecule has 7 heteroatoms. The summed E-state index contributed by atoms with van der Waals surface area (Å²) in [4.78, 5) is 13.9. The van der Waals surface area contributed by atoms with Crippen molar-refractivity contribution in [2.45, 2.75) is 18.1 Å². The lowest BCUT2D eigenvalue weighted by Gasteiger charge is -2.00. The second kappa shape index (κ2) is 3.16. The summed E-state index contributed by atoms with van der Waals surface area (Å²) in [5.41, 5.74) is 0. The fourth-order valence-electron chi connectivity index (χ4n) is 1.49. The highest BCUT2D eigenvalue weighted by atomic mass is 32.2. The van der Waals surface area contributed by atoms with Gasteiger partial charge in [-0.05, 0) is 12.8 Å². The lowest BCUT2D eigenvalue weighted by Crippen LogP contribution is -2.08. The van der Waals surface area contributed by atoms with E-state index in [0.717, 1.165) is 0 Å². The van der Waals surface area contributed by atoms with Gasteiger partial charge in [0.25, 0.3) is 0 Å². The van der Waals surface area contributed by atoms with Gasteiger partial charge in [0, 0.05) is 0 Å². The fourth-order valence-corrected chi connectivity index (χ4v) is 3.28. The molecule has 0 saturated carbocycles. The predicted octanol–water partition coefficient (Wildman–Crippen LogP) is 0.132. The van der Waals surface area contributed by atoms with Crippen LogP contribution in [0.4, 0.5) is 0 Å². The van der Waals surface area contributed by atoms with Crippen molar-refractivity contribution in [2.75, 3.05) is 5.75 Å². The van der Waals surface area contributed by atoms with E-state index in [1.54, 1.807) is 0 Å². The Kier molecular flexibility index (Phi) is 2.10.